The number of nitrogens with zero attached hydrogens (tertiary/aromatic N) is 4. The third-order valence-corrected chi connectivity index (χ3v) is 3.12. The van der Waals surface area contributed by atoms with Gasteiger partial charge in [-0.3, -0.25) is 4.68 Å². The molecule has 1 unspecified atom stereocenters. The van der Waals surface area contributed by atoms with Gasteiger partial charge in [-0.25, -0.2) is 0 Å². The van der Waals surface area contributed by atoms with Crippen LogP contribution in [-0.2, 0) is 6.54 Å². The van der Waals surface area contributed by atoms with E-state index in [1.165, 1.54) is 12.8 Å². The van der Waals surface area contributed by atoms with Crippen LogP contribution in [-0.4, -0.2) is 26.5 Å². The molecule has 1 aliphatic carbocycles. The van der Waals surface area contributed by atoms with E-state index in [0.717, 1.165) is 18.9 Å². The maximum absolute atomic E-state index is 5.27. The fourth-order valence-electron chi connectivity index (χ4n) is 1.85. The van der Waals surface area contributed by atoms with Gasteiger partial charge in [0.2, 0.25) is 5.89 Å². The fourth-order valence-corrected chi connectivity index (χ4v) is 1.85. The summed E-state index contributed by atoms with van der Waals surface area (Å²) in [4.78, 5) is 4.43. The van der Waals surface area contributed by atoms with Crippen LogP contribution in [0.1, 0.15) is 43.4 Å². The Balaban J connectivity index is 1.49. The molecular weight excluding hydrogens is 230 g/mol. The first-order valence-electron chi connectivity index (χ1n) is 6.37. The third-order valence-electron chi connectivity index (χ3n) is 3.12. The highest BCUT2D eigenvalue weighted by Gasteiger charge is 2.29. The number of rotatable bonds is 6. The molecule has 1 aliphatic rings. The van der Waals surface area contributed by atoms with Crippen LogP contribution in [0.15, 0.2) is 23.0 Å². The Labute approximate surface area is 105 Å². The van der Waals surface area contributed by atoms with Gasteiger partial charge in [-0.15, -0.1) is 0 Å². The average molecular weight is 247 g/mol. The second-order valence-corrected chi connectivity index (χ2v) is 4.71. The zero-order valence-electron chi connectivity index (χ0n) is 10.4. The van der Waals surface area contributed by atoms with Crippen molar-refractivity contribution in [3.63, 3.8) is 0 Å². The lowest BCUT2D eigenvalue weighted by Gasteiger charge is -2.09. The van der Waals surface area contributed by atoms with E-state index in [4.69, 9.17) is 4.52 Å². The molecule has 0 amide bonds. The summed E-state index contributed by atoms with van der Waals surface area (Å²) in [5.41, 5.74) is 0. The Morgan fingerprint density at radius 2 is 2.44 bits per heavy atom. The molecule has 6 heteroatoms. The normalized spacial score (nSPS) is 16.9. The second kappa shape index (κ2) is 4.89. The summed E-state index contributed by atoms with van der Waals surface area (Å²) in [5, 5.41) is 11.5. The molecule has 2 heterocycles. The molecule has 0 aromatic carbocycles. The Kier molecular flexibility index (Phi) is 3.10. The van der Waals surface area contributed by atoms with Gasteiger partial charge >= 0.3 is 0 Å². The molecule has 2 aromatic heterocycles. The van der Waals surface area contributed by atoms with E-state index >= 15 is 0 Å². The first kappa shape index (κ1) is 11.4. The van der Waals surface area contributed by atoms with E-state index in [1.54, 1.807) is 6.20 Å². The topological polar surface area (TPSA) is 68.8 Å². The molecule has 6 nitrogen and oxygen atoms in total. The summed E-state index contributed by atoms with van der Waals surface area (Å²) in [5.74, 6) is 2.09. The van der Waals surface area contributed by atoms with E-state index in [9.17, 15) is 0 Å². The van der Waals surface area contributed by atoms with Crippen molar-refractivity contribution >= 4 is 0 Å². The summed E-state index contributed by atoms with van der Waals surface area (Å²) in [6.07, 6.45) is 6.12. The zero-order chi connectivity index (χ0) is 12.4. The van der Waals surface area contributed by atoms with Gasteiger partial charge in [-0.2, -0.15) is 10.1 Å². The molecule has 2 aromatic rings. The van der Waals surface area contributed by atoms with Gasteiger partial charge in [0.05, 0.1) is 12.6 Å². The van der Waals surface area contributed by atoms with E-state index in [1.807, 2.05) is 23.9 Å². The predicted molar refractivity (Wildman–Crippen MR) is 64.9 cm³/mol. The Bertz CT molecular complexity index is 488. The Morgan fingerprint density at radius 1 is 1.56 bits per heavy atom. The Hall–Kier alpha value is -1.69. The van der Waals surface area contributed by atoms with Crippen molar-refractivity contribution in [1.82, 2.24) is 25.2 Å². The van der Waals surface area contributed by atoms with Crippen molar-refractivity contribution in [1.29, 1.82) is 0 Å². The first-order chi connectivity index (χ1) is 8.83. The quantitative estimate of drug-likeness (QED) is 0.837. The summed E-state index contributed by atoms with van der Waals surface area (Å²) >= 11 is 0. The van der Waals surface area contributed by atoms with Crippen molar-refractivity contribution in [3.8, 4) is 0 Å². The van der Waals surface area contributed by atoms with E-state index in [0.29, 0.717) is 11.8 Å². The monoisotopic (exact) mass is 247 g/mol. The maximum Gasteiger partial charge on any atom is 0.243 e. The fraction of sp³-hybridized carbons (Fsp3) is 0.583. The number of hydrogen-bond donors (Lipinski definition) is 1. The van der Waals surface area contributed by atoms with Crippen molar-refractivity contribution in [3.05, 3.63) is 30.2 Å². The summed E-state index contributed by atoms with van der Waals surface area (Å²) in [6.45, 7) is 3.69. The Morgan fingerprint density at radius 3 is 3.17 bits per heavy atom. The maximum atomic E-state index is 5.27. The van der Waals surface area contributed by atoms with Crippen molar-refractivity contribution < 1.29 is 4.52 Å². The number of hydrogen-bond acceptors (Lipinski definition) is 5. The highest BCUT2D eigenvalue weighted by atomic mass is 16.5. The lowest BCUT2D eigenvalue weighted by Crippen LogP contribution is -2.23. The van der Waals surface area contributed by atoms with E-state index in [-0.39, 0.29) is 6.04 Å². The third kappa shape index (κ3) is 2.59. The molecule has 0 aliphatic heterocycles. The van der Waals surface area contributed by atoms with Crippen LogP contribution in [0.2, 0.25) is 0 Å². The summed E-state index contributed by atoms with van der Waals surface area (Å²) in [7, 11) is 0. The minimum atomic E-state index is 0.0839. The zero-order valence-corrected chi connectivity index (χ0v) is 10.4. The van der Waals surface area contributed by atoms with Crippen molar-refractivity contribution in [2.24, 2.45) is 0 Å². The van der Waals surface area contributed by atoms with Gasteiger partial charge in [0.15, 0.2) is 5.82 Å². The summed E-state index contributed by atoms with van der Waals surface area (Å²) in [6, 6.07) is 2.00. The molecule has 1 N–H and O–H groups in total. The van der Waals surface area contributed by atoms with E-state index < -0.39 is 0 Å². The van der Waals surface area contributed by atoms with Crippen LogP contribution in [0.25, 0.3) is 0 Å². The van der Waals surface area contributed by atoms with Gasteiger partial charge in [0, 0.05) is 24.9 Å². The van der Waals surface area contributed by atoms with Gasteiger partial charge in [-0.05, 0) is 25.8 Å². The highest BCUT2D eigenvalue weighted by molar-refractivity contribution is 5.04. The minimum Gasteiger partial charge on any atom is -0.338 e. The SMILES string of the molecule is CC(NCCn1cccn1)c1nc(C2CC2)no1. The molecule has 0 saturated heterocycles. The van der Waals surface area contributed by atoms with Crippen molar-refractivity contribution in [2.75, 3.05) is 6.54 Å². The molecule has 96 valence electrons. The van der Waals surface area contributed by atoms with Gasteiger partial charge < -0.3 is 9.84 Å². The molecule has 18 heavy (non-hydrogen) atoms. The summed E-state index contributed by atoms with van der Waals surface area (Å²) < 4.78 is 7.16. The first-order valence-corrected chi connectivity index (χ1v) is 6.37. The molecule has 1 fully saturated rings. The number of aromatic nitrogens is 4. The van der Waals surface area contributed by atoms with E-state index in [2.05, 4.69) is 20.6 Å². The second-order valence-electron chi connectivity index (χ2n) is 4.71. The van der Waals surface area contributed by atoms with Crippen LogP contribution < -0.4 is 5.32 Å². The van der Waals surface area contributed by atoms with Crippen molar-refractivity contribution in [2.45, 2.75) is 38.3 Å². The van der Waals surface area contributed by atoms with Gasteiger partial charge in [0.1, 0.15) is 0 Å². The lowest BCUT2D eigenvalue weighted by atomic mass is 10.3. The molecule has 3 rings (SSSR count). The highest BCUT2D eigenvalue weighted by Crippen LogP contribution is 2.38. The van der Waals surface area contributed by atoms with Gasteiger partial charge in [0.25, 0.3) is 0 Å². The van der Waals surface area contributed by atoms with Crippen LogP contribution in [0, 0.1) is 0 Å². The number of nitrogens with one attached hydrogen (secondary N) is 1. The largest absolute Gasteiger partial charge is 0.338 e. The standard InChI is InChI=1S/C12H17N5O/c1-9(13-6-8-17-7-2-5-14-17)12-15-11(16-18-12)10-3-4-10/h2,5,7,9-10,13H,3-4,6,8H2,1H3. The van der Waals surface area contributed by atoms with Crippen LogP contribution in [0.3, 0.4) is 0 Å². The molecule has 0 radical (unpaired) electrons. The van der Waals surface area contributed by atoms with Crippen LogP contribution >= 0.6 is 0 Å². The molecule has 0 spiro atoms. The minimum absolute atomic E-state index is 0.0839. The average Bonchev–Trinajstić information content (AvgIpc) is 2.92. The predicted octanol–water partition coefficient (Wildman–Crippen LogP) is 1.49. The molecular formula is C12H17N5O. The lowest BCUT2D eigenvalue weighted by molar-refractivity contribution is 0.333. The molecule has 1 atom stereocenters. The molecule has 1 saturated carbocycles. The molecule has 0 bridgehead atoms. The van der Waals surface area contributed by atoms with Crippen LogP contribution in [0.4, 0.5) is 0 Å². The van der Waals surface area contributed by atoms with Gasteiger partial charge in [-0.1, -0.05) is 5.16 Å². The smallest absolute Gasteiger partial charge is 0.243 e. The van der Waals surface area contributed by atoms with Crippen LogP contribution in [0.5, 0.6) is 0 Å².